The topological polar surface area (TPSA) is 75.7 Å². The van der Waals surface area contributed by atoms with Crippen LogP contribution in [0.1, 0.15) is 37.0 Å². The number of ether oxygens (including phenoxy) is 1. The lowest BCUT2D eigenvalue weighted by Crippen LogP contribution is -2.33. The molecule has 0 radical (unpaired) electrons. The van der Waals surface area contributed by atoms with Crippen molar-refractivity contribution in [1.29, 1.82) is 0 Å². The highest BCUT2D eigenvalue weighted by Gasteiger charge is 2.23. The predicted molar refractivity (Wildman–Crippen MR) is 112 cm³/mol. The van der Waals surface area contributed by atoms with E-state index in [1.54, 1.807) is 18.2 Å². The van der Waals surface area contributed by atoms with Gasteiger partial charge in [0.25, 0.3) is 15.9 Å². The summed E-state index contributed by atoms with van der Waals surface area (Å²) < 4.78 is 32.0. The van der Waals surface area contributed by atoms with Gasteiger partial charge in [-0.3, -0.25) is 9.10 Å². The predicted octanol–water partition coefficient (Wildman–Crippen LogP) is 4.09. The molecule has 8 heteroatoms. The van der Waals surface area contributed by atoms with Gasteiger partial charge in [0.1, 0.15) is 5.75 Å². The van der Waals surface area contributed by atoms with Crippen molar-refractivity contribution in [3.63, 3.8) is 0 Å². The summed E-state index contributed by atoms with van der Waals surface area (Å²) >= 11 is 6.18. The van der Waals surface area contributed by atoms with Gasteiger partial charge in [-0.1, -0.05) is 24.9 Å². The first-order chi connectivity index (χ1) is 13.2. The zero-order valence-electron chi connectivity index (χ0n) is 16.4. The maximum atomic E-state index is 12.9. The van der Waals surface area contributed by atoms with Crippen molar-refractivity contribution in [3.8, 4) is 5.75 Å². The van der Waals surface area contributed by atoms with Gasteiger partial charge in [0.2, 0.25) is 0 Å². The summed E-state index contributed by atoms with van der Waals surface area (Å²) in [5.41, 5.74) is 0.576. The van der Waals surface area contributed by atoms with Crippen LogP contribution in [0, 0.1) is 0 Å². The Kier molecular flexibility index (Phi) is 7.32. The first kappa shape index (κ1) is 22.0. The Labute approximate surface area is 171 Å². The van der Waals surface area contributed by atoms with E-state index in [-0.39, 0.29) is 27.4 Å². The highest BCUT2D eigenvalue weighted by molar-refractivity contribution is 7.92. The summed E-state index contributed by atoms with van der Waals surface area (Å²) in [5, 5.41) is 3.15. The van der Waals surface area contributed by atoms with Crippen molar-refractivity contribution in [2.24, 2.45) is 0 Å². The molecular weight excluding hydrogens is 400 g/mol. The van der Waals surface area contributed by atoms with Gasteiger partial charge in [-0.2, -0.15) is 0 Å². The molecule has 0 aliphatic carbocycles. The van der Waals surface area contributed by atoms with Crippen molar-refractivity contribution in [2.45, 2.75) is 37.6 Å². The van der Waals surface area contributed by atoms with Crippen LogP contribution in [0.3, 0.4) is 0 Å². The van der Waals surface area contributed by atoms with Crippen molar-refractivity contribution in [2.75, 3.05) is 18.5 Å². The minimum absolute atomic E-state index is 0.00187. The van der Waals surface area contributed by atoms with E-state index in [9.17, 15) is 13.2 Å². The average Bonchev–Trinajstić information content (AvgIpc) is 2.67. The zero-order chi connectivity index (χ0) is 20.9. The number of hydrogen-bond donors (Lipinski definition) is 1. The van der Waals surface area contributed by atoms with Gasteiger partial charge in [-0.05, 0) is 55.8 Å². The van der Waals surface area contributed by atoms with Crippen molar-refractivity contribution in [3.05, 3.63) is 53.1 Å². The number of nitrogens with one attached hydrogen (secondary N) is 1. The lowest BCUT2D eigenvalue weighted by molar-refractivity contribution is 0.0938. The normalized spacial score (nSPS) is 12.3. The van der Waals surface area contributed by atoms with Crippen molar-refractivity contribution in [1.82, 2.24) is 5.32 Å². The maximum Gasteiger partial charge on any atom is 0.264 e. The summed E-state index contributed by atoms with van der Waals surface area (Å²) in [5.74, 6) is 0.233. The Bertz CT molecular complexity index is 930. The highest BCUT2D eigenvalue weighted by atomic mass is 35.5. The molecule has 2 aromatic rings. The van der Waals surface area contributed by atoms with Crippen LogP contribution in [0.4, 0.5) is 5.69 Å². The van der Waals surface area contributed by atoms with Gasteiger partial charge in [0, 0.05) is 13.1 Å². The van der Waals surface area contributed by atoms with Crippen LogP contribution in [0.25, 0.3) is 0 Å². The fraction of sp³-hybridized carbons (Fsp3) is 0.350. The van der Waals surface area contributed by atoms with Crippen LogP contribution in [0.15, 0.2) is 47.4 Å². The fourth-order valence-electron chi connectivity index (χ4n) is 2.73. The number of anilines is 1. The molecule has 0 saturated carbocycles. The molecule has 0 heterocycles. The van der Waals surface area contributed by atoms with Gasteiger partial charge >= 0.3 is 0 Å². The van der Waals surface area contributed by atoms with Crippen LogP contribution < -0.4 is 14.4 Å². The lowest BCUT2D eigenvalue weighted by atomic mass is 10.1. The van der Waals surface area contributed by atoms with E-state index in [2.05, 4.69) is 5.32 Å². The average molecular weight is 425 g/mol. The monoisotopic (exact) mass is 424 g/mol. The summed E-state index contributed by atoms with van der Waals surface area (Å²) in [6.07, 6.45) is 1.78. The first-order valence-electron chi connectivity index (χ1n) is 8.94. The molecule has 0 aliphatic rings. The van der Waals surface area contributed by atoms with Crippen LogP contribution in [0.5, 0.6) is 5.75 Å². The van der Waals surface area contributed by atoms with Crippen LogP contribution in [0.2, 0.25) is 5.02 Å². The molecule has 152 valence electrons. The summed E-state index contributed by atoms with van der Waals surface area (Å²) in [6, 6.07) is 10.7. The maximum absolute atomic E-state index is 12.9. The molecule has 0 aromatic heterocycles. The summed E-state index contributed by atoms with van der Waals surface area (Å²) in [6.45, 7) is 3.95. The number of nitrogens with zero attached hydrogens (tertiary/aromatic N) is 1. The van der Waals surface area contributed by atoms with Gasteiger partial charge < -0.3 is 10.1 Å². The van der Waals surface area contributed by atoms with E-state index in [1.807, 2.05) is 13.8 Å². The molecule has 1 amide bonds. The summed E-state index contributed by atoms with van der Waals surface area (Å²) in [7, 11) is -0.855. The first-order valence-corrected chi connectivity index (χ1v) is 10.8. The second-order valence-corrected chi connectivity index (χ2v) is 8.85. The second kappa shape index (κ2) is 9.30. The number of carbonyl (C=O) groups excluding carboxylic acids is 1. The van der Waals surface area contributed by atoms with Gasteiger partial charge in [-0.25, -0.2) is 8.42 Å². The Morgan fingerprint density at radius 1 is 1.21 bits per heavy atom. The molecule has 2 rings (SSSR count). The zero-order valence-corrected chi connectivity index (χ0v) is 18.0. The molecule has 2 aromatic carbocycles. The number of sulfonamides is 1. The van der Waals surface area contributed by atoms with E-state index in [4.69, 9.17) is 16.3 Å². The number of benzene rings is 2. The molecule has 28 heavy (non-hydrogen) atoms. The molecule has 0 saturated heterocycles. The number of carbonyl (C=O) groups is 1. The molecule has 6 nitrogen and oxygen atoms in total. The molecule has 0 fully saturated rings. The van der Waals surface area contributed by atoms with Crippen molar-refractivity contribution >= 4 is 33.2 Å². The van der Waals surface area contributed by atoms with Crippen molar-refractivity contribution < 1.29 is 17.9 Å². The van der Waals surface area contributed by atoms with E-state index in [0.717, 1.165) is 17.1 Å². The molecule has 1 N–H and O–H groups in total. The number of rotatable bonds is 8. The van der Waals surface area contributed by atoms with Crippen LogP contribution in [-0.4, -0.2) is 34.5 Å². The Hall–Kier alpha value is -2.25. The van der Waals surface area contributed by atoms with Crippen LogP contribution in [-0.2, 0) is 10.0 Å². The second-order valence-electron chi connectivity index (χ2n) is 6.48. The number of amides is 1. The summed E-state index contributed by atoms with van der Waals surface area (Å²) in [4.78, 5) is 12.7. The lowest BCUT2D eigenvalue weighted by Gasteiger charge is -2.21. The quantitative estimate of drug-likeness (QED) is 0.692. The highest BCUT2D eigenvalue weighted by Crippen LogP contribution is 2.27. The van der Waals surface area contributed by atoms with E-state index >= 15 is 0 Å². The molecular formula is C20H25ClN2O4S. The third-order valence-corrected chi connectivity index (χ3v) is 6.50. The Morgan fingerprint density at radius 2 is 1.86 bits per heavy atom. The largest absolute Gasteiger partial charge is 0.497 e. The van der Waals surface area contributed by atoms with Gasteiger partial charge in [0.15, 0.2) is 0 Å². The van der Waals surface area contributed by atoms with E-state index in [0.29, 0.717) is 11.4 Å². The molecule has 0 bridgehead atoms. The third kappa shape index (κ3) is 4.97. The Balaban J connectivity index is 2.32. The minimum atomic E-state index is -3.80. The standard InChI is InChI=1S/C20H25ClN2O4S/c1-5-6-14(2)22-20(24)18-13-15(7-12-19(18)21)23(3)28(25,26)17-10-8-16(27-4)9-11-17/h7-14H,5-6H2,1-4H3,(H,22,24)/t14-/m0/s1. The molecule has 0 unspecified atom stereocenters. The Morgan fingerprint density at radius 3 is 2.43 bits per heavy atom. The van der Waals surface area contributed by atoms with E-state index < -0.39 is 10.0 Å². The minimum Gasteiger partial charge on any atom is -0.497 e. The van der Waals surface area contributed by atoms with Crippen LogP contribution >= 0.6 is 11.6 Å². The molecule has 1 atom stereocenters. The smallest absolute Gasteiger partial charge is 0.264 e. The van der Waals surface area contributed by atoms with Gasteiger partial charge in [-0.15, -0.1) is 0 Å². The number of methoxy groups -OCH3 is 1. The number of halogens is 1. The van der Waals surface area contributed by atoms with Gasteiger partial charge in [0.05, 0.1) is 28.3 Å². The SMILES string of the molecule is CCC[C@H](C)NC(=O)c1cc(N(C)S(=O)(=O)c2ccc(OC)cc2)ccc1Cl. The number of hydrogen-bond acceptors (Lipinski definition) is 4. The third-order valence-electron chi connectivity index (χ3n) is 4.38. The van der Waals surface area contributed by atoms with E-state index in [1.165, 1.54) is 38.4 Å². The molecule has 0 spiro atoms. The fourth-order valence-corrected chi connectivity index (χ4v) is 4.13. The molecule has 0 aliphatic heterocycles.